The standard InChI is InChI=1S/C12H19N3O3/c1-17-8-4-5-9(13)11(16)15-10-6-3-7-14-12(10)18-2/h3,6-7,9H,4-5,8,13H2,1-2H3,(H,15,16). The lowest BCUT2D eigenvalue weighted by Gasteiger charge is -2.13. The predicted octanol–water partition coefficient (Wildman–Crippen LogP) is 0.783. The Kier molecular flexibility index (Phi) is 6.10. The van der Waals surface area contributed by atoms with Crippen LogP contribution >= 0.6 is 0 Å². The zero-order chi connectivity index (χ0) is 13.4. The minimum Gasteiger partial charge on any atom is -0.480 e. The van der Waals surface area contributed by atoms with Crippen molar-refractivity contribution in [3.8, 4) is 5.88 Å². The van der Waals surface area contributed by atoms with Gasteiger partial charge in [-0.25, -0.2) is 4.98 Å². The van der Waals surface area contributed by atoms with Crippen molar-refractivity contribution >= 4 is 11.6 Å². The number of rotatable bonds is 7. The largest absolute Gasteiger partial charge is 0.480 e. The Morgan fingerprint density at radius 1 is 1.56 bits per heavy atom. The van der Waals surface area contributed by atoms with Crippen molar-refractivity contribution in [3.05, 3.63) is 18.3 Å². The molecule has 0 aliphatic heterocycles. The van der Waals surface area contributed by atoms with Gasteiger partial charge in [0.2, 0.25) is 11.8 Å². The summed E-state index contributed by atoms with van der Waals surface area (Å²) in [5.41, 5.74) is 6.29. The average Bonchev–Trinajstić information content (AvgIpc) is 2.39. The maximum atomic E-state index is 11.8. The maximum Gasteiger partial charge on any atom is 0.241 e. The zero-order valence-corrected chi connectivity index (χ0v) is 10.7. The van der Waals surface area contributed by atoms with E-state index in [2.05, 4.69) is 10.3 Å². The highest BCUT2D eigenvalue weighted by atomic mass is 16.5. The van der Waals surface area contributed by atoms with E-state index < -0.39 is 6.04 Å². The molecule has 0 aliphatic rings. The molecule has 6 nitrogen and oxygen atoms in total. The van der Waals surface area contributed by atoms with Crippen molar-refractivity contribution < 1.29 is 14.3 Å². The summed E-state index contributed by atoms with van der Waals surface area (Å²) in [5.74, 6) is 0.118. The molecule has 1 atom stereocenters. The third kappa shape index (κ3) is 4.31. The van der Waals surface area contributed by atoms with Crippen LogP contribution in [0.5, 0.6) is 5.88 Å². The predicted molar refractivity (Wildman–Crippen MR) is 68.5 cm³/mol. The summed E-state index contributed by atoms with van der Waals surface area (Å²) in [6.45, 7) is 0.594. The highest BCUT2D eigenvalue weighted by Gasteiger charge is 2.15. The number of hydrogen-bond acceptors (Lipinski definition) is 5. The molecule has 1 heterocycles. The zero-order valence-electron chi connectivity index (χ0n) is 10.7. The summed E-state index contributed by atoms with van der Waals surface area (Å²) in [6, 6.07) is 2.87. The molecule has 0 radical (unpaired) electrons. The van der Waals surface area contributed by atoms with E-state index in [0.29, 0.717) is 24.6 Å². The van der Waals surface area contributed by atoms with E-state index in [0.717, 1.165) is 6.42 Å². The molecule has 0 aliphatic carbocycles. The molecule has 0 fully saturated rings. The second kappa shape index (κ2) is 7.62. The highest BCUT2D eigenvalue weighted by Crippen LogP contribution is 2.19. The monoisotopic (exact) mass is 253 g/mol. The van der Waals surface area contributed by atoms with Crippen molar-refractivity contribution in [3.63, 3.8) is 0 Å². The average molecular weight is 253 g/mol. The van der Waals surface area contributed by atoms with Crippen LogP contribution < -0.4 is 15.8 Å². The molecule has 0 aromatic carbocycles. The molecule has 3 N–H and O–H groups in total. The van der Waals surface area contributed by atoms with E-state index in [4.69, 9.17) is 15.2 Å². The summed E-state index contributed by atoms with van der Waals surface area (Å²) in [4.78, 5) is 15.8. The van der Waals surface area contributed by atoms with Gasteiger partial charge in [0.15, 0.2) is 0 Å². The number of aromatic nitrogens is 1. The summed E-state index contributed by atoms with van der Waals surface area (Å²) >= 11 is 0. The van der Waals surface area contributed by atoms with Crippen LogP contribution in [0.25, 0.3) is 0 Å². The number of carbonyl (C=O) groups excluding carboxylic acids is 1. The highest BCUT2D eigenvalue weighted by molar-refractivity contribution is 5.95. The van der Waals surface area contributed by atoms with E-state index in [1.807, 2.05) is 0 Å². The molecule has 0 bridgehead atoms. The lowest BCUT2D eigenvalue weighted by molar-refractivity contribution is -0.117. The number of ether oxygens (including phenoxy) is 2. The van der Waals surface area contributed by atoms with E-state index in [1.54, 1.807) is 25.4 Å². The summed E-state index contributed by atoms with van der Waals surface area (Å²) in [6.07, 6.45) is 2.91. The van der Waals surface area contributed by atoms with Gasteiger partial charge < -0.3 is 20.5 Å². The number of nitrogens with zero attached hydrogens (tertiary/aromatic N) is 1. The van der Waals surface area contributed by atoms with Gasteiger partial charge in [-0.3, -0.25) is 4.79 Å². The van der Waals surface area contributed by atoms with Crippen LogP contribution in [-0.4, -0.2) is 37.8 Å². The Balaban J connectivity index is 2.53. The maximum absolute atomic E-state index is 11.8. The van der Waals surface area contributed by atoms with Crippen LogP contribution in [0, 0.1) is 0 Å². The first-order valence-corrected chi connectivity index (χ1v) is 5.73. The lowest BCUT2D eigenvalue weighted by Crippen LogP contribution is -2.35. The minimum absolute atomic E-state index is 0.252. The van der Waals surface area contributed by atoms with Crippen molar-refractivity contribution in [2.45, 2.75) is 18.9 Å². The van der Waals surface area contributed by atoms with Crippen LogP contribution in [0.2, 0.25) is 0 Å². The van der Waals surface area contributed by atoms with Crippen molar-refractivity contribution in [1.82, 2.24) is 4.98 Å². The molecular formula is C12H19N3O3. The molecule has 1 unspecified atom stereocenters. The topological polar surface area (TPSA) is 86.5 Å². The van der Waals surface area contributed by atoms with Crippen LogP contribution in [0.4, 0.5) is 5.69 Å². The number of methoxy groups -OCH3 is 2. The van der Waals surface area contributed by atoms with Gasteiger partial charge in [0.1, 0.15) is 5.69 Å². The Bertz CT molecular complexity index is 385. The van der Waals surface area contributed by atoms with Crippen LogP contribution in [-0.2, 0) is 9.53 Å². The fourth-order valence-corrected chi connectivity index (χ4v) is 1.45. The number of carbonyl (C=O) groups is 1. The molecule has 100 valence electrons. The molecule has 0 saturated heterocycles. The first kappa shape index (κ1) is 14.4. The second-order valence-corrected chi connectivity index (χ2v) is 3.79. The smallest absolute Gasteiger partial charge is 0.241 e. The van der Waals surface area contributed by atoms with Crippen LogP contribution in [0.1, 0.15) is 12.8 Å². The fraction of sp³-hybridized carbons (Fsp3) is 0.500. The number of nitrogens with one attached hydrogen (secondary N) is 1. The Labute approximate surface area is 106 Å². The number of hydrogen-bond donors (Lipinski definition) is 2. The summed E-state index contributed by atoms with van der Waals surface area (Å²) in [5, 5.41) is 2.70. The molecule has 1 rings (SSSR count). The Hall–Kier alpha value is -1.66. The third-order valence-corrected chi connectivity index (χ3v) is 2.42. The SMILES string of the molecule is COCCCC(N)C(=O)Nc1cccnc1OC. The normalized spacial score (nSPS) is 11.9. The van der Waals surface area contributed by atoms with E-state index >= 15 is 0 Å². The fourth-order valence-electron chi connectivity index (χ4n) is 1.45. The van der Waals surface area contributed by atoms with Crippen LogP contribution in [0.15, 0.2) is 18.3 Å². The first-order chi connectivity index (χ1) is 8.69. The van der Waals surface area contributed by atoms with Crippen LogP contribution in [0.3, 0.4) is 0 Å². The van der Waals surface area contributed by atoms with Gasteiger partial charge in [-0.1, -0.05) is 0 Å². The molecule has 1 aromatic heterocycles. The molecule has 1 aromatic rings. The van der Waals surface area contributed by atoms with Crippen molar-refractivity contribution in [1.29, 1.82) is 0 Å². The number of nitrogens with two attached hydrogens (primary N) is 1. The summed E-state index contributed by atoms with van der Waals surface area (Å²) in [7, 11) is 3.11. The Morgan fingerprint density at radius 2 is 2.33 bits per heavy atom. The lowest BCUT2D eigenvalue weighted by atomic mass is 10.1. The Morgan fingerprint density at radius 3 is 3.00 bits per heavy atom. The molecule has 0 saturated carbocycles. The third-order valence-electron chi connectivity index (χ3n) is 2.42. The molecular weight excluding hydrogens is 234 g/mol. The van der Waals surface area contributed by atoms with Crippen molar-refractivity contribution in [2.75, 3.05) is 26.1 Å². The van der Waals surface area contributed by atoms with Gasteiger partial charge in [-0.2, -0.15) is 0 Å². The van der Waals surface area contributed by atoms with Gasteiger partial charge in [0.05, 0.1) is 13.2 Å². The molecule has 18 heavy (non-hydrogen) atoms. The van der Waals surface area contributed by atoms with Gasteiger partial charge >= 0.3 is 0 Å². The number of anilines is 1. The minimum atomic E-state index is -0.565. The first-order valence-electron chi connectivity index (χ1n) is 5.73. The van der Waals surface area contributed by atoms with Gasteiger partial charge in [0.25, 0.3) is 0 Å². The number of pyridine rings is 1. The molecule has 1 amide bonds. The number of amides is 1. The van der Waals surface area contributed by atoms with Crippen molar-refractivity contribution in [2.24, 2.45) is 5.73 Å². The molecule has 0 spiro atoms. The van der Waals surface area contributed by atoms with Gasteiger partial charge in [0, 0.05) is 19.9 Å². The molecule has 6 heteroatoms. The van der Waals surface area contributed by atoms with Gasteiger partial charge in [-0.05, 0) is 25.0 Å². The summed E-state index contributed by atoms with van der Waals surface area (Å²) < 4.78 is 9.95. The quantitative estimate of drug-likeness (QED) is 0.701. The van der Waals surface area contributed by atoms with E-state index in [1.165, 1.54) is 7.11 Å². The van der Waals surface area contributed by atoms with E-state index in [9.17, 15) is 4.79 Å². The van der Waals surface area contributed by atoms with Gasteiger partial charge in [-0.15, -0.1) is 0 Å². The second-order valence-electron chi connectivity index (χ2n) is 3.79. The van der Waals surface area contributed by atoms with E-state index in [-0.39, 0.29) is 5.91 Å².